The molecule has 3 nitrogen and oxygen atoms in total. The number of nitrogens with zero attached hydrogens (tertiary/aromatic N) is 2. The van der Waals surface area contributed by atoms with E-state index in [4.69, 9.17) is 5.73 Å². The van der Waals surface area contributed by atoms with Gasteiger partial charge in [-0.15, -0.1) is 0 Å². The van der Waals surface area contributed by atoms with Gasteiger partial charge >= 0.3 is 6.18 Å². The van der Waals surface area contributed by atoms with E-state index in [1.165, 1.54) is 0 Å². The predicted octanol–water partition coefficient (Wildman–Crippen LogP) is 3.16. The first-order chi connectivity index (χ1) is 8.75. The SMILES string of the molecule is CC1CC(C)CN(c2cc(C(F)(F)F)cc(N)n2)C1. The van der Waals surface area contributed by atoms with Crippen molar-refractivity contribution in [2.24, 2.45) is 11.8 Å². The molecule has 0 amide bonds. The standard InChI is InChI=1S/C13H18F3N3/c1-8-3-9(2)7-19(6-8)12-5-10(13(14,15)16)4-11(17)18-12/h4-5,8-9H,3,6-7H2,1-2H3,(H2,17,18). The van der Waals surface area contributed by atoms with Crippen molar-refractivity contribution >= 4 is 11.6 Å². The summed E-state index contributed by atoms with van der Waals surface area (Å²) in [6.07, 6.45) is -3.30. The van der Waals surface area contributed by atoms with E-state index >= 15 is 0 Å². The third-order valence-corrected chi connectivity index (χ3v) is 3.35. The number of nitrogen functional groups attached to an aromatic ring is 1. The average Bonchev–Trinajstić information content (AvgIpc) is 2.25. The molecule has 6 heteroatoms. The molecule has 19 heavy (non-hydrogen) atoms. The molecule has 1 aliphatic rings. The lowest BCUT2D eigenvalue weighted by atomic mass is 9.92. The highest BCUT2D eigenvalue weighted by Crippen LogP contribution is 2.33. The molecule has 2 atom stereocenters. The molecule has 2 rings (SSSR count). The van der Waals surface area contributed by atoms with Crippen LogP contribution >= 0.6 is 0 Å². The first-order valence-corrected chi connectivity index (χ1v) is 6.35. The van der Waals surface area contributed by atoms with Crippen LogP contribution in [0.4, 0.5) is 24.8 Å². The summed E-state index contributed by atoms with van der Waals surface area (Å²) in [6.45, 7) is 5.63. The van der Waals surface area contributed by atoms with Crippen LogP contribution in [-0.4, -0.2) is 18.1 Å². The maximum atomic E-state index is 12.8. The second kappa shape index (κ2) is 4.90. The number of piperidine rings is 1. The lowest BCUT2D eigenvalue weighted by molar-refractivity contribution is -0.137. The first-order valence-electron chi connectivity index (χ1n) is 6.35. The van der Waals surface area contributed by atoms with Crippen LogP contribution in [0.5, 0.6) is 0 Å². The van der Waals surface area contributed by atoms with Gasteiger partial charge in [-0.1, -0.05) is 13.8 Å². The van der Waals surface area contributed by atoms with Gasteiger partial charge in [0, 0.05) is 13.1 Å². The summed E-state index contributed by atoms with van der Waals surface area (Å²) in [4.78, 5) is 5.94. The molecule has 1 saturated heterocycles. The van der Waals surface area contributed by atoms with Crippen molar-refractivity contribution in [3.05, 3.63) is 17.7 Å². The number of halogens is 3. The van der Waals surface area contributed by atoms with Crippen LogP contribution in [0.25, 0.3) is 0 Å². The van der Waals surface area contributed by atoms with Crippen molar-refractivity contribution in [2.75, 3.05) is 23.7 Å². The third-order valence-electron chi connectivity index (χ3n) is 3.35. The van der Waals surface area contributed by atoms with Crippen LogP contribution in [-0.2, 0) is 6.18 Å². The van der Waals surface area contributed by atoms with Crippen LogP contribution < -0.4 is 10.6 Å². The van der Waals surface area contributed by atoms with E-state index < -0.39 is 11.7 Å². The maximum Gasteiger partial charge on any atom is 0.416 e. The summed E-state index contributed by atoms with van der Waals surface area (Å²) in [7, 11) is 0. The van der Waals surface area contributed by atoms with Gasteiger partial charge in [0.25, 0.3) is 0 Å². The third kappa shape index (κ3) is 3.30. The highest BCUT2D eigenvalue weighted by Gasteiger charge is 2.32. The van der Waals surface area contributed by atoms with Crippen molar-refractivity contribution in [3.63, 3.8) is 0 Å². The molecule has 2 unspecified atom stereocenters. The molecule has 106 valence electrons. The van der Waals surface area contributed by atoms with Crippen molar-refractivity contribution < 1.29 is 13.2 Å². The van der Waals surface area contributed by atoms with E-state index in [2.05, 4.69) is 18.8 Å². The Morgan fingerprint density at radius 1 is 1.21 bits per heavy atom. The molecule has 0 saturated carbocycles. The van der Waals surface area contributed by atoms with Gasteiger partial charge in [-0.2, -0.15) is 13.2 Å². The Balaban J connectivity index is 2.31. The summed E-state index contributed by atoms with van der Waals surface area (Å²) in [6, 6.07) is 1.96. The number of anilines is 2. The summed E-state index contributed by atoms with van der Waals surface area (Å²) in [5.41, 5.74) is 4.76. The molecule has 2 N–H and O–H groups in total. The fraction of sp³-hybridized carbons (Fsp3) is 0.615. The van der Waals surface area contributed by atoms with Crippen LogP contribution in [0, 0.1) is 11.8 Å². The molecule has 0 spiro atoms. The molecule has 1 aromatic heterocycles. The van der Waals surface area contributed by atoms with Gasteiger partial charge in [0.05, 0.1) is 5.56 Å². The number of nitrogens with two attached hydrogens (primary N) is 1. The molecule has 1 aliphatic heterocycles. The van der Waals surface area contributed by atoms with E-state index in [0.717, 1.165) is 31.6 Å². The van der Waals surface area contributed by atoms with Gasteiger partial charge in [0.15, 0.2) is 0 Å². The highest BCUT2D eigenvalue weighted by molar-refractivity contribution is 5.49. The van der Waals surface area contributed by atoms with Gasteiger partial charge in [-0.3, -0.25) is 0 Å². The van der Waals surface area contributed by atoms with Crippen LogP contribution in [0.2, 0.25) is 0 Å². The van der Waals surface area contributed by atoms with E-state index in [1.807, 2.05) is 4.90 Å². The summed E-state index contributed by atoms with van der Waals surface area (Å²) >= 11 is 0. The fourth-order valence-electron chi connectivity index (χ4n) is 2.71. The number of alkyl halides is 3. The zero-order valence-electron chi connectivity index (χ0n) is 11.0. The molecule has 0 bridgehead atoms. The molecular weight excluding hydrogens is 255 g/mol. The fourth-order valence-corrected chi connectivity index (χ4v) is 2.71. The van der Waals surface area contributed by atoms with E-state index in [-0.39, 0.29) is 5.82 Å². The van der Waals surface area contributed by atoms with Gasteiger partial charge in [-0.25, -0.2) is 4.98 Å². The first kappa shape index (κ1) is 14.0. The smallest absolute Gasteiger partial charge is 0.384 e. The predicted molar refractivity (Wildman–Crippen MR) is 68.8 cm³/mol. The van der Waals surface area contributed by atoms with Crippen LogP contribution in [0.3, 0.4) is 0 Å². The Morgan fingerprint density at radius 3 is 2.32 bits per heavy atom. The molecule has 0 aliphatic carbocycles. The average molecular weight is 273 g/mol. The lowest BCUT2D eigenvalue weighted by Gasteiger charge is -2.36. The number of hydrogen-bond donors (Lipinski definition) is 1. The Hall–Kier alpha value is -1.46. The van der Waals surface area contributed by atoms with E-state index in [9.17, 15) is 13.2 Å². The van der Waals surface area contributed by atoms with Gasteiger partial charge in [-0.05, 0) is 30.4 Å². The largest absolute Gasteiger partial charge is 0.416 e. The summed E-state index contributed by atoms with van der Waals surface area (Å²) in [5.74, 6) is 1.13. The lowest BCUT2D eigenvalue weighted by Crippen LogP contribution is -2.39. The van der Waals surface area contributed by atoms with Crippen molar-refractivity contribution in [3.8, 4) is 0 Å². The normalized spacial score (nSPS) is 24.6. The number of aromatic nitrogens is 1. The molecular formula is C13H18F3N3. The van der Waals surface area contributed by atoms with Crippen LogP contribution in [0.15, 0.2) is 12.1 Å². The zero-order chi connectivity index (χ0) is 14.2. The monoisotopic (exact) mass is 273 g/mol. The molecule has 0 aromatic carbocycles. The maximum absolute atomic E-state index is 12.8. The quantitative estimate of drug-likeness (QED) is 0.854. The van der Waals surface area contributed by atoms with Gasteiger partial charge < -0.3 is 10.6 Å². The Bertz CT molecular complexity index is 449. The van der Waals surface area contributed by atoms with Crippen molar-refractivity contribution in [2.45, 2.75) is 26.4 Å². The number of pyridine rings is 1. The van der Waals surface area contributed by atoms with Gasteiger partial charge in [0.1, 0.15) is 11.6 Å². The van der Waals surface area contributed by atoms with Crippen molar-refractivity contribution in [1.29, 1.82) is 0 Å². The zero-order valence-corrected chi connectivity index (χ0v) is 11.0. The topological polar surface area (TPSA) is 42.1 Å². The second-order valence-corrected chi connectivity index (χ2v) is 5.49. The summed E-state index contributed by atoms with van der Waals surface area (Å²) < 4.78 is 38.3. The molecule has 0 radical (unpaired) electrons. The molecule has 2 heterocycles. The molecule has 1 fully saturated rings. The highest BCUT2D eigenvalue weighted by atomic mass is 19.4. The second-order valence-electron chi connectivity index (χ2n) is 5.49. The summed E-state index contributed by atoms with van der Waals surface area (Å²) in [5, 5.41) is 0. The van der Waals surface area contributed by atoms with Crippen molar-refractivity contribution in [1.82, 2.24) is 4.98 Å². The minimum absolute atomic E-state index is 0.0873. The van der Waals surface area contributed by atoms with Gasteiger partial charge in [0.2, 0.25) is 0 Å². The van der Waals surface area contributed by atoms with E-state index in [1.54, 1.807) is 0 Å². The Morgan fingerprint density at radius 2 is 1.79 bits per heavy atom. The Kier molecular flexibility index (Phi) is 3.60. The van der Waals surface area contributed by atoms with E-state index in [0.29, 0.717) is 17.7 Å². The number of rotatable bonds is 1. The minimum Gasteiger partial charge on any atom is -0.384 e. The van der Waals surface area contributed by atoms with Crippen LogP contribution in [0.1, 0.15) is 25.8 Å². The number of hydrogen-bond acceptors (Lipinski definition) is 3. The molecule has 1 aromatic rings. The minimum atomic E-state index is -4.39. The Labute approximate surface area is 110 Å².